The lowest BCUT2D eigenvalue weighted by atomic mass is 9.48. The summed E-state index contributed by atoms with van der Waals surface area (Å²) in [5.41, 5.74) is -0.140. The molecule has 0 amide bonds. The molecule has 4 aliphatic rings. The minimum absolute atomic E-state index is 0.0325. The highest BCUT2D eigenvalue weighted by Gasteiger charge is 2.62. The predicted octanol–water partition coefficient (Wildman–Crippen LogP) is 4.20. The van der Waals surface area contributed by atoms with Crippen molar-refractivity contribution in [3.8, 4) is 0 Å². The molecule has 0 spiro atoms. The SMILES string of the molecule is CC(C)[C@H](C)[C@@H](O)[C@H](O)[C@@H](C)[C@H]1CCC2C3CCC(=O)[C@H]4C[C@H](O)[C@H](O)C[C@]4(C)C3CC[C@@]21C. The molecule has 4 rings (SSSR count). The number of ketones is 1. The van der Waals surface area contributed by atoms with Crippen LogP contribution in [0.5, 0.6) is 0 Å². The quantitative estimate of drug-likeness (QED) is 0.475. The molecule has 5 nitrogen and oxygen atoms in total. The van der Waals surface area contributed by atoms with Crippen LogP contribution in [0.1, 0.15) is 92.9 Å². The summed E-state index contributed by atoms with van der Waals surface area (Å²) in [6.45, 7) is 13.0. The van der Waals surface area contributed by atoms with Crippen molar-refractivity contribution >= 4 is 5.78 Å². The molecule has 13 atom stereocenters. The summed E-state index contributed by atoms with van der Waals surface area (Å²) in [5, 5.41) is 43.0. The highest BCUT2D eigenvalue weighted by molar-refractivity contribution is 5.82. The molecule has 0 bridgehead atoms. The van der Waals surface area contributed by atoms with E-state index in [2.05, 4.69) is 34.6 Å². The third kappa shape index (κ3) is 4.11. The number of carbonyl (C=O) groups is 1. The first-order chi connectivity index (χ1) is 15.8. The molecule has 0 heterocycles. The van der Waals surface area contributed by atoms with E-state index in [4.69, 9.17) is 0 Å². The van der Waals surface area contributed by atoms with Gasteiger partial charge < -0.3 is 20.4 Å². The summed E-state index contributed by atoms with van der Waals surface area (Å²) in [5.74, 6) is 2.27. The Bertz CT molecular complexity index is 753. The van der Waals surface area contributed by atoms with Gasteiger partial charge in [0.05, 0.1) is 24.4 Å². The highest BCUT2D eigenvalue weighted by Crippen LogP contribution is 2.67. The molecule has 4 aliphatic carbocycles. The van der Waals surface area contributed by atoms with E-state index in [1.165, 1.54) is 0 Å². The van der Waals surface area contributed by atoms with Gasteiger partial charge in [-0.1, -0.05) is 41.5 Å². The summed E-state index contributed by atoms with van der Waals surface area (Å²) in [6, 6.07) is 0. The van der Waals surface area contributed by atoms with Crippen molar-refractivity contribution in [2.45, 2.75) is 117 Å². The minimum atomic E-state index is -0.787. The first kappa shape index (κ1) is 26.6. The fraction of sp³-hybridized carbons (Fsp3) is 0.966. The summed E-state index contributed by atoms with van der Waals surface area (Å²) in [7, 11) is 0. The van der Waals surface area contributed by atoms with Crippen molar-refractivity contribution in [3.05, 3.63) is 0 Å². The molecule has 0 aliphatic heterocycles. The standard InChI is InChI=1S/C29H50O5/c1-15(2)16(3)26(33)27(34)17(4)19-8-9-20-18-7-10-23(30)22-13-24(31)25(32)14-29(22,6)21(18)11-12-28(19,20)5/h15-22,24-27,31-34H,7-14H2,1-6H3/t16-,17-,18?,19+,20?,21?,22+,24-,25+,26+,27+,28+,29+/m0/s1. The monoisotopic (exact) mass is 478 g/mol. The maximum atomic E-state index is 13.2. The topological polar surface area (TPSA) is 98.0 Å². The molecule has 4 N–H and O–H groups in total. The lowest BCUT2D eigenvalue weighted by Crippen LogP contribution is -2.54. The number of fused-ring (bicyclic) bond motifs is 5. The Morgan fingerprint density at radius 3 is 2.15 bits per heavy atom. The van der Waals surface area contributed by atoms with Gasteiger partial charge in [-0.2, -0.15) is 0 Å². The van der Waals surface area contributed by atoms with Gasteiger partial charge in [-0.25, -0.2) is 0 Å². The first-order valence-corrected chi connectivity index (χ1v) is 14.1. The van der Waals surface area contributed by atoms with Gasteiger partial charge in [0.2, 0.25) is 0 Å². The van der Waals surface area contributed by atoms with Crippen molar-refractivity contribution < 1.29 is 25.2 Å². The lowest BCUT2D eigenvalue weighted by Gasteiger charge is -2.57. The van der Waals surface area contributed by atoms with Crippen molar-refractivity contribution in [1.82, 2.24) is 0 Å². The Labute approximate surface area is 206 Å². The molecule has 0 saturated heterocycles. The van der Waals surface area contributed by atoms with E-state index >= 15 is 0 Å². The highest BCUT2D eigenvalue weighted by atomic mass is 16.3. The second kappa shape index (κ2) is 9.43. The molecule has 4 fully saturated rings. The average molecular weight is 479 g/mol. The van der Waals surface area contributed by atoms with Crippen LogP contribution in [0.4, 0.5) is 0 Å². The molecular formula is C29H50O5. The number of aliphatic hydroxyl groups excluding tert-OH is 4. The summed E-state index contributed by atoms with van der Waals surface area (Å²) < 4.78 is 0. The summed E-state index contributed by atoms with van der Waals surface area (Å²) >= 11 is 0. The molecule has 0 aromatic rings. The Morgan fingerprint density at radius 2 is 1.50 bits per heavy atom. The van der Waals surface area contributed by atoms with E-state index in [0.717, 1.165) is 32.1 Å². The molecule has 196 valence electrons. The molecule has 0 aromatic carbocycles. The minimum Gasteiger partial charge on any atom is -0.390 e. The lowest BCUT2D eigenvalue weighted by molar-refractivity contribution is -0.149. The van der Waals surface area contributed by atoms with Gasteiger partial charge in [-0.3, -0.25) is 4.79 Å². The second-order valence-corrected chi connectivity index (χ2v) is 13.7. The second-order valence-electron chi connectivity index (χ2n) is 13.7. The Morgan fingerprint density at radius 1 is 0.853 bits per heavy atom. The van der Waals surface area contributed by atoms with Crippen LogP contribution in [0.3, 0.4) is 0 Å². The van der Waals surface area contributed by atoms with Crippen LogP contribution in [0.15, 0.2) is 0 Å². The molecule has 0 aromatic heterocycles. The third-order valence-electron chi connectivity index (χ3n) is 12.0. The Kier molecular flexibility index (Phi) is 7.37. The zero-order valence-electron chi connectivity index (χ0n) is 22.3. The van der Waals surface area contributed by atoms with E-state index in [-0.39, 0.29) is 34.4 Å². The van der Waals surface area contributed by atoms with Crippen LogP contribution >= 0.6 is 0 Å². The van der Waals surface area contributed by atoms with Crippen LogP contribution in [0, 0.1) is 58.2 Å². The van der Waals surface area contributed by atoms with Crippen LogP contribution in [0.2, 0.25) is 0 Å². The predicted molar refractivity (Wildman–Crippen MR) is 133 cm³/mol. The van der Waals surface area contributed by atoms with Gasteiger partial charge in [0, 0.05) is 12.3 Å². The Hall–Kier alpha value is -0.490. The zero-order valence-corrected chi connectivity index (χ0v) is 22.3. The number of carbonyl (C=O) groups excluding carboxylic acids is 1. The molecule has 4 saturated carbocycles. The number of hydrogen-bond acceptors (Lipinski definition) is 5. The largest absolute Gasteiger partial charge is 0.390 e. The van der Waals surface area contributed by atoms with Gasteiger partial charge in [-0.15, -0.1) is 0 Å². The normalized spacial score (nSPS) is 48.3. The van der Waals surface area contributed by atoms with E-state index in [9.17, 15) is 25.2 Å². The van der Waals surface area contributed by atoms with Crippen molar-refractivity contribution in [1.29, 1.82) is 0 Å². The average Bonchev–Trinajstić information content (AvgIpc) is 3.09. The molecule has 3 unspecified atom stereocenters. The number of aliphatic hydroxyl groups is 4. The van der Waals surface area contributed by atoms with Gasteiger partial charge in [0.15, 0.2) is 0 Å². The molecule has 0 radical (unpaired) electrons. The smallest absolute Gasteiger partial charge is 0.136 e. The maximum absolute atomic E-state index is 13.2. The van der Waals surface area contributed by atoms with Crippen LogP contribution in [-0.4, -0.2) is 50.6 Å². The number of hydrogen-bond donors (Lipinski definition) is 4. The fourth-order valence-corrected chi connectivity index (χ4v) is 9.46. The number of rotatable bonds is 5. The maximum Gasteiger partial charge on any atom is 0.136 e. The van der Waals surface area contributed by atoms with Crippen LogP contribution in [-0.2, 0) is 4.79 Å². The first-order valence-electron chi connectivity index (χ1n) is 14.1. The van der Waals surface area contributed by atoms with Crippen LogP contribution in [0.25, 0.3) is 0 Å². The summed E-state index contributed by atoms with van der Waals surface area (Å²) in [4.78, 5) is 13.2. The van der Waals surface area contributed by atoms with E-state index in [1.54, 1.807) is 0 Å². The summed E-state index contributed by atoms with van der Waals surface area (Å²) in [6.07, 6.45) is 3.78. The van der Waals surface area contributed by atoms with Gasteiger partial charge in [0.25, 0.3) is 0 Å². The van der Waals surface area contributed by atoms with Gasteiger partial charge in [-0.05, 0) is 97.2 Å². The Balaban J connectivity index is 1.58. The molecule has 34 heavy (non-hydrogen) atoms. The zero-order chi connectivity index (χ0) is 25.2. The van der Waals surface area contributed by atoms with Crippen molar-refractivity contribution in [2.75, 3.05) is 0 Å². The molecule has 5 heteroatoms. The van der Waals surface area contributed by atoms with E-state index in [0.29, 0.717) is 48.9 Å². The van der Waals surface area contributed by atoms with E-state index < -0.39 is 24.4 Å². The van der Waals surface area contributed by atoms with E-state index in [1.807, 2.05) is 6.92 Å². The molecular weight excluding hydrogens is 428 g/mol. The van der Waals surface area contributed by atoms with Crippen molar-refractivity contribution in [3.63, 3.8) is 0 Å². The van der Waals surface area contributed by atoms with Crippen molar-refractivity contribution in [2.24, 2.45) is 58.2 Å². The third-order valence-corrected chi connectivity index (χ3v) is 12.0. The van der Waals surface area contributed by atoms with Gasteiger partial charge in [0.1, 0.15) is 5.78 Å². The van der Waals surface area contributed by atoms with Crippen LogP contribution < -0.4 is 0 Å². The number of Topliss-reactive ketones (excluding diaryl/α,β-unsaturated/α-hetero) is 1. The van der Waals surface area contributed by atoms with Gasteiger partial charge >= 0.3 is 0 Å². The fourth-order valence-electron chi connectivity index (χ4n) is 9.46.